The van der Waals surface area contributed by atoms with Crippen LogP contribution < -0.4 is 20.1 Å². The molecule has 4 heterocycles. The van der Waals surface area contributed by atoms with Crippen molar-refractivity contribution in [2.45, 2.75) is 31.8 Å². The minimum atomic E-state index is -0.121. The molecule has 1 amide bonds. The summed E-state index contributed by atoms with van der Waals surface area (Å²) in [6.07, 6.45) is 5.51. The van der Waals surface area contributed by atoms with E-state index in [-0.39, 0.29) is 24.4 Å². The molecule has 0 bridgehead atoms. The zero-order chi connectivity index (χ0) is 28.9. The number of pyridine rings is 1. The van der Waals surface area contributed by atoms with E-state index >= 15 is 0 Å². The lowest BCUT2D eigenvalue weighted by Gasteiger charge is -2.23. The van der Waals surface area contributed by atoms with Gasteiger partial charge in [0.15, 0.2) is 5.58 Å². The van der Waals surface area contributed by atoms with Crippen molar-refractivity contribution in [2.24, 2.45) is 5.92 Å². The Kier molecular flexibility index (Phi) is 9.82. The summed E-state index contributed by atoms with van der Waals surface area (Å²) in [5, 5.41) is 16.3. The number of nitrogens with zero attached hydrogens (tertiary/aromatic N) is 2. The minimum absolute atomic E-state index is 0. The average molecular weight is 603 g/mol. The van der Waals surface area contributed by atoms with Crippen LogP contribution in [0.4, 0.5) is 0 Å². The molecule has 10 heteroatoms. The number of ether oxygens (including phenoxy) is 3. The fourth-order valence-corrected chi connectivity index (χ4v) is 5.62. The van der Waals surface area contributed by atoms with Crippen LogP contribution in [0.2, 0.25) is 0 Å². The van der Waals surface area contributed by atoms with Gasteiger partial charge >= 0.3 is 0 Å². The highest BCUT2D eigenvalue weighted by molar-refractivity contribution is 5.96. The van der Waals surface area contributed by atoms with Crippen LogP contribution in [0.3, 0.4) is 0 Å². The summed E-state index contributed by atoms with van der Waals surface area (Å²) in [6.45, 7) is 3.98. The summed E-state index contributed by atoms with van der Waals surface area (Å²) in [4.78, 5) is 17.4. The van der Waals surface area contributed by atoms with Gasteiger partial charge in [0.2, 0.25) is 0 Å². The molecule has 0 saturated carbocycles. The molecule has 0 aliphatic carbocycles. The zero-order valence-corrected chi connectivity index (χ0v) is 24.9. The quantitative estimate of drug-likeness (QED) is 0.262. The molecule has 6 rings (SSSR count). The number of aromatic nitrogens is 1. The summed E-state index contributed by atoms with van der Waals surface area (Å²) >= 11 is 0. The molecule has 2 fully saturated rings. The van der Waals surface area contributed by atoms with Gasteiger partial charge in [-0.3, -0.25) is 9.78 Å². The molecule has 9 nitrogen and oxygen atoms in total. The van der Waals surface area contributed by atoms with Crippen LogP contribution in [0.5, 0.6) is 11.5 Å². The molecule has 2 saturated heterocycles. The monoisotopic (exact) mass is 602 g/mol. The number of carbonyl (C=O) groups is 1. The van der Waals surface area contributed by atoms with Crippen molar-refractivity contribution in [3.8, 4) is 40.0 Å². The Bertz CT molecular complexity index is 1620. The normalized spacial score (nSPS) is 15.8. The number of hydrogen-bond acceptors (Lipinski definition) is 8. The number of hydrogen-bond donors (Lipinski definition) is 2. The number of nitrogens with one attached hydrogen (secondary N) is 2. The molecule has 2 aromatic heterocycles. The largest absolute Gasteiger partial charge is 0.496 e. The summed E-state index contributed by atoms with van der Waals surface area (Å²) in [5.74, 6) is 2.05. The van der Waals surface area contributed by atoms with E-state index in [1.54, 1.807) is 25.4 Å². The van der Waals surface area contributed by atoms with Crippen molar-refractivity contribution < 1.29 is 23.4 Å². The van der Waals surface area contributed by atoms with Gasteiger partial charge in [0, 0.05) is 42.8 Å². The van der Waals surface area contributed by atoms with Gasteiger partial charge in [-0.1, -0.05) is 6.07 Å². The predicted molar refractivity (Wildman–Crippen MR) is 166 cm³/mol. The van der Waals surface area contributed by atoms with E-state index in [2.05, 4.69) is 21.7 Å². The number of amides is 1. The van der Waals surface area contributed by atoms with Crippen LogP contribution in [-0.2, 0) is 4.74 Å². The molecule has 0 unspecified atom stereocenters. The van der Waals surface area contributed by atoms with Gasteiger partial charge in [0.1, 0.15) is 34.9 Å². The Morgan fingerprint density at radius 2 is 1.86 bits per heavy atom. The van der Waals surface area contributed by atoms with E-state index < -0.39 is 0 Å². The van der Waals surface area contributed by atoms with E-state index in [0.29, 0.717) is 70.7 Å². The molecule has 224 valence electrons. The lowest BCUT2D eigenvalue weighted by atomic mass is 9.98. The molecule has 0 spiro atoms. The van der Waals surface area contributed by atoms with Gasteiger partial charge in [-0.05, 0) is 73.8 Å². The van der Waals surface area contributed by atoms with Gasteiger partial charge in [0.25, 0.3) is 5.91 Å². The molecule has 2 aliphatic heterocycles. The van der Waals surface area contributed by atoms with Crippen LogP contribution in [-0.4, -0.2) is 57.0 Å². The molecule has 0 radical (unpaired) electrons. The van der Waals surface area contributed by atoms with Crippen molar-refractivity contribution in [3.05, 3.63) is 65.9 Å². The highest BCUT2D eigenvalue weighted by atomic mass is 35.5. The Hall–Kier alpha value is -4.10. The molecule has 2 aromatic carbocycles. The van der Waals surface area contributed by atoms with Crippen LogP contribution in [0.25, 0.3) is 33.6 Å². The fraction of sp³-hybridized carbons (Fsp3) is 0.364. The number of methoxy groups -OCH3 is 1. The summed E-state index contributed by atoms with van der Waals surface area (Å²) in [5.41, 5.74) is 4.63. The first-order valence-electron chi connectivity index (χ1n) is 14.5. The number of furan rings is 1. The second kappa shape index (κ2) is 13.9. The van der Waals surface area contributed by atoms with Gasteiger partial charge in [-0.15, -0.1) is 12.4 Å². The third-order valence-electron chi connectivity index (χ3n) is 8.02. The second-order valence-corrected chi connectivity index (χ2v) is 10.8. The summed E-state index contributed by atoms with van der Waals surface area (Å²) in [7, 11) is 1.58. The van der Waals surface area contributed by atoms with Crippen molar-refractivity contribution in [3.63, 3.8) is 0 Å². The predicted octanol–water partition coefficient (Wildman–Crippen LogP) is 5.75. The first-order chi connectivity index (χ1) is 20.6. The Labute approximate surface area is 256 Å². The van der Waals surface area contributed by atoms with Gasteiger partial charge in [0.05, 0.1) is 31.5 Å². The maximum absolute atomic E-state index is 12.9. The van der Waals surface area contributed by atoms with E-state index in [1.807, 2.05) is 36.4 Å². The van der Waals surface area contributed by atoms with Gasteiger partial charge in [-0.25, -0.2) is 0 Å². The van der Waals surface area contributed by atoms with Gasteiger partial charge < -0.3 is 29.3 Å². The molecule has 2 N–H and O–H groups in total. The SMILES string of the molecule is COc1cc(C(=O)NCC2CCNCC2)ccc1-c1cc2nccc(-c3ccc(OC4CCOCC4)c(C#N)c3)c2o1.Cl. The Morgan fingerprint density at radius 3 is 2.63 bits per heavy atom. The van der Waals surface area contributed by atoms with Crippen molar-refractivity contribution in [1.29, 1.82) is 5.26 Å². The van der Waals surface area contributed by atoms with E-state index in [9.17, 15) is 10.1 Å². The maximum atomic E-state index is 12.9. The highest BCUT2D eigenvalue weighted by Crippen LogP contribution is 2.38. The van der Waals surface area contributed by atoms with E-state index in [1.165, 1.54) is 0 Å². The summed E-state index contributed by atoms with van der Waals surface area (Å²) < 4.78 is 23.6. The number of fused-ring (bicyclic) bond motifs is 1. The number of piperidine rings is 1. The standard InChI is InChI=1S/C33H34N4O5.ClH/c1-39-30-17-23(33(38)37-20-21-6-11-35-12-7-21)2-4-27(30)31-18-28-32(42-31)26(8-13-36-28)22-3-5-29(24(16-22)19-34)41-25-9-14-40-15-10-25;/h2-5,8,13,16-18,21,25,35H,6-7,9-12,14-15,20H2,1H3,(H,37,38);1H. The maximum Gasteiger partial charge on any atom is 0.251 e. The average Bonchev–Trinajstić information content (AvgIpc) is 3.49. The lowest BCUT2D eigenvalue weighted by Crippen LogP contribution is -2.35. The minimum Gasteiger partial charge on any atom is -0.496 e. The van der Waals surface area contributed by atoms with Crippen molar-refractivity contribution in [2.75, 3.05) is 40.0 Å². The first kappa shape index (κ1) is 30.4. The van der Waals surface area contributed by atoms with Crippen LogP contribution >= 0.6 is 12.4 Å². The third-order valence-corrected chi connectivity index (χ3v) is 8.02. The topological polar surface area (TPSA) is 119 Å². The molecular weight excluding hydrogens is 568 g/mol. The second-order valence-electron chi connectivity index (χ2n) is 10.8. The molecule has 4 aromatic rings. The highest BCUT2D eigenvalue weighted by Gasteiger charge is 2.21. The number of nitriles is 1. The van der Waals surface area contributed by atoms with Crippen molar-refractivity contribution in [1.82, 2.24) is 15.6 Å². The first-order valence-corrected chi connectivity index (χ1v) is 14.5. The number of rotatable bonds is 8. The smallest absolute Gasteiger partial charge is 0.251 e. The fourth-order valence-electron chi connectivity index (χ4n) is 5.62. The Morgan fingerprint density at radius 1 is 1.05 bits per heavy atom. The van der Waals surface area contributed by atoms with Crippen LogP contribution in [0.15, 0.2) is 59.1 Å². The molecular formula is C33H35ClN4O5. The molecule has 43 heavy (non-hydrogen) atoms. The van der Waals surface area contributed by atoms with Crippen molar-refractivity contribution >= 4 is 29.4 Å². The van der Waals surface area contributed by atoms with Gasteiger partial charge in [-0.2, -0.15) is 5.26 Å². The molecule has 0 atom stereocenters. The lowest BCUT2D eigenvalue weighted by molar-refractivity contribution is 0.0254. The third kappa shape index (κ3) is 6.78. The summed E-state index contributed by atoms with van der Waals surface area (Å²) in [6, 6.07) is 17.0. The zero-order valence-electron chi connectivity index (χ0n) is 24.1. The van der Waals surface area contributed by atoms with E-state index in [0.717, 1.165) is 49.9 Å². The van der Waals surface area contributed by atoms with Crippen LogP contribution in [0.1, 0.15) is 41.6 Å². The number of benzene rings is 2. The van der Waals surface area contributed by atoms with E-state index in [4.69, 9.17) is 18.6 Å². The van der Waals surface area contributed by atoms with Crippen LogP contribution in [0, 0.1) is 17.2 Å². The number of halogens is 1. The Balaban J connectivity index is 0.00000368. The molecule has 2 aliphatic rings. The number of carbonyl (C=O) groups excluding carboxylic acids is 1.